The number of nitrogens with zero attached hydrogens (tertiary/aromatic N) is 2. The molecule has 1 heterocycles. The number of benzene rings is 3. The SMILES string of the molecule is CCOc1ccc(CN(CCc2c[nH]c3ccccc23)C(=O)CN(C(=O)c2ccc(Cl)c(Cl)c2)C2CC2)cc1. The second kappa shape index (κ2) is 12.1. The minimum atomic E-state index is -0.206. The van der Waals surface area contributed by atoms with Gasteiger partial charge >= 0.3 is 0 Å². The highest BCUT2D eigenvalue weighted by Gasteiger charge is 2.35. The minimum Gasteiger partial charge on any atom is -0.494 e. The van der Waals surface area contributed by atoms with E-state index in [1.54, 1.807) is 23.1 Å². The molecule has 0 atom stereocenters. The van der Waals surface area contributed by atoms with E-state index in [0.717, 1.165) is 40.6 Å². The summed E-state index contributed by atoms with van der Waals surface area (Å²) in [5.41, 5.74) is 3.66. The Balaban J connectivity index is 1.35. The Labute approximate surface area is 238 Å². The zero-order valence-electron chi connectivity index (χ0n) is 21.8. The second-order valence-electron chi connectivity index (χ2n) is 9.79. The van der Waals surface area contributed by atoms with E-state index in [0.29, 0.717) is 41.7 Å². The lowest BCUT2D eigenvalue weighted by Gasteiger charge is -2.28. The van der Waals surface area contributed by atoms with Crippen LogP contribution in [0.1, 0.15) is 41.3 Å². The summed E-state index contributed by atoms with van der Waals surface area (Å²) in [6, 6.07) is 20.9. The van der Waals surface area contributed by atoms with Crippen LogP contribution in [0.3, 0.4) is 0 Å². The van der Waals surface area contributed by atoms with E-state index in [1.165, 1.54) is 0 Å². The van der Waals surface area contributed by atoms with E-state index in [4.69, 9.17) is 27.9 Å². The van der Waals surface area contributed by atoms with Gasteiger partial charge in [-0.05, 0) is 73.7 Å². The van der Waals surface area contributed by atoms with Gasteiger partial charge in [0, 0.05) is 41.8 Å². The van der Waals surface area contributed by atoms with Gasteiger partial charge in [0.1, 0.15) is 12.3 Å². The summed E-state index contributed by atoms with van der Waals surface area (Å²) >= 11 is 12.2. The lowest BCUT2D eigenvalue weighted by molar-refractivity contribution is -0.132. The molecule has 5 rings (SSSR count). The van der Waals surface area contributed by atoms with Gasteiger partial charge in [0.25, 0.3) is 5.91 Å². The zero-order chi connectivity index (χ0) is 27.4. The predicted molar refractivity (Wildman–Crippen MR) is 156 cm³/mol. The molecular weight excluding hydrogens is 533 g/mol. The molecule has 1 saturated carbocycles. The Morgan fingerprint density at radius 3 is 2.49 bits per heavy atom. The minimum absolute atomic E-state index is 0.00859. The third-order valence-electron chi connectivity index (χ3n) is 7.01. The number of amides is 2. The largest absolute Gasteiger partial charge is 0.494 e. The summed E-state index contributed by atoms with van der Waals surface area (Å²) in [5, 5.41) is 1.86. The first-order valence-corrected chi connectivity index (χ1v) is 14.0. The smallest absolute Gasteiger partial charge is 0.254 e. The highest BCUT2D eigenvalue weighted by atomic mass is 35.5. The third kappa shape index (κ3) is 6.57. The molecule has 0 bridgehead atoms. The van der Waals surface area contributed by atoms with Crippen LogP contribution in [0.25, 0.3) is 10.9 Å². The van der Waals surface area contributed by atoms with Crippen LogP contribution in [0.15, 0.2) is 72.9 Å². The summed E-state index contributed by atoms with van der Waals surface area (Å²) in [6.07, 6.45) is 4.47. The first-order chi connectivity index (χ1) is 18.9. The Morgan fingerprint density at radius 2 is 1.77 bits per heavy atom. The average molecular weight is 565 g/mol. The first-order valence-electron chi connectivity index (χ1n) is 13.2. The maximum absolute atomic E-state index is 13.8. The monoisotopic (exact) mass is 563 g/mol. The molecule has 39 heavy (non-hydrogen) atoms. The van der Waals surface area contributed by atoms with E-state index >= 15 is 0 Å². The number of nitrogens with one attached hydrogen (secondary N) is 1. The molecule has 1 N–H and O–H groups in total. The van der Waals surface area contributed by atoms with E-state index < -0.39 is 0 Å². The molecule has 1 aliphatic rings. The van der Waals surface area contributed by atoms with Crippen LogP contribution in [-0.4, -0.2) is 52.3 Å². The van der Waals surface area contributed by atoms with Gasteiger partial charge in [-0.2, -0.15) is 0 Å². The molecule has 1 fully saturated rings. The number of halogens is 2. The van der Waals surface area contributed by atoms with Crippen LogP contribution in [0.2, 0.25) is 10.0 Å². The number of rotatable bonds is 11. The summed E-state index contributed by atoms with van der Waals surface area (Å²) in [4.78, 5) is 34.1. The molecule has 4 aromatic rings. The number of aromatic amines is 1. The Morgan fingerprint density at radius 1 is 1.00 bits per heavy atom. The van der Waals surface area contributed by atoms with E-state index in [-0.39, 0.29) is 24.4 Å². The van der Waals surface area contributed by atoms with Gasteiger partial charge in [0.15, 0.2) is 0 Å². The first kappa shape index (κ1) is 27.1. The molecule has 1 aliphatic carbocycles. The van der Waals surface area contributed by atoms with Crippen molar-refractivity contribution >= 4 is 45.9 Å². The number of carbonyl (C=O) groups is 2. The fourth-order valence-electron chi connectivity index (χ4n) is 4.76. The van der Waals surface area contributed by atoms with Crippen LogP contribution in [0.5, 0.6) is 5.75 Å². The van der Waals surface area contributed by atoms with E-state index in [9.17, 15) is 9.59 Å². The summed E-state index contributed by atoms with van der Waals surface area (Å²) in [7, 11) is 0. The Kier molecular flexibility index (Phi) is 8.44. The average Bonchev–Trinajstić information content (AvgIpc) is 3.71. The molecule has 0 spiro atoms. The molecular formula is C31H31Cl2N3O3. The second-order valence-corrected chi connectivity index (χ2v) is 10.6. The Bertz CT molecular complexity index is 1460. The summed E-state index contributed by atoms with van der Waals surface area (Å²) in [6.45, 7) is 3.51. The van der Waals surface area contributed by atoms with Crippen molar-refractivity contribution in [1.29, 1.82) is 0 Å². The normalized spacial score (nSPS) is 12.9. The topological polar surface area (TPSA) is 65.6 Å². The fourth-order valence-corrected chi connectivity index (χ4v) is 5.06. The molecule has 0 saturated heterocycles. The van der Waals surface area contributed by atoms with Crippen molar-refractivity contribution < 1.29 is 14.3 Å². The van der Waals surface area contributed by atoms with Crippen molar-refractivity contribution in [2.24, 2.45) is 0 Å². The van der Waals surface area contributed by atoms with Gasteiger partial charge < -0.3 is 19.5 Å². The molecule has 0 radical (unpaired) electrons. The molecule has 8 heteroatoms. The number of fused-ring (bicyclic) bond motifs is 1. The Hall–Kier alpha value is -3.48. The van der Waals surface area contributed by atoms with Crippen LogP contribution < -0.4 is 4.74 Å². The summed E-state index contributed by atoms with van der Waals surface area (Å²) < 4.78 is 5.57. The number of hydrogen-bond acceptors (Lipinski definition) is 3. The van der Waals surface area contributed by atoms with E-state index in [1.807, 2.05) is 60.5 Å². The fraction of sp³-hybridized carbons (Fsp3) is 0.290. The van der Waals surface area contributed by atoms with Crippen LogP contribution >= 0.6 is 23.2 Å². The molecule has 2 amide bonds. The standard InChI is InChI=1S/C31H31Cl2N3O3/c1-2-39-25-12-7-21(8-13-25)19-35(16-15-23-18-34-29-6-4-3-5-26(23)29)30(37)20-36(24-10-11-24)31(38)22-9-14-27(32)28(33)17-22/h3-9,12-14,17-18,24,34H,2,10-11,15-16,19-20H2,1H3. The molecule has 0 unspecified atom stereocenters. The highest BCUT2D eigenvalue weighted by molar-refractivity contribution is 6.42. The van der Waals surface area contributed by atoms with Gasteiger partial charge in [-0.15, -0.1) is 0 Å². The third-order valence-corrected chi connectivity index (χ3v) is 7.75. The zero-order valence-corrected chi connectivity index (χ0v) is 23.3. The van der Waals surface area contributed by atoms with Crippen molar-refractivity contribution in [1.82, 2.24) is 14.8 Å². The lowest BCUT2D eigenvalue weighted by atomic mass is 10.1. The predicted octanol–water partition coefficient (Wildman–Crippen LogP) is 6.75. The lowest BCUT2D eigenvalue weighted by Crippen LogP contribution is -2.44. The van der Waals surface area contributed by atoms with Gasteiger partial charge in [-0.1, -0.05) is 53.5 Å². The molecule has 202 valence electrons. The van der Waals surface area contributed by atoms with Gasteiger partial charge in [0.05, 0.1) is 16.7 Å². The number of ether oxygens (including phenoxy) is 1. The number of aromatic nitrogens is 1. The quantitative estimate of drug-likeness (QED) is 0.219. The van der Waals surface area contributed by atoms with Crippen molar-refractivity contribution in [3.8, 4) is 5.75 Å². The van der Waals surface area contributed by atoms with E-state index in [2.05, 4.69) is 11.1 Å². The number of hydrogen-bond donors (Lipinski definition) is 1. The van der Waals surface area contributed by atoms with Crippen molar-refractivity contribution in [2.75, 3.05) is 19.7 Å². The number of H-pyrrole nitrogens is 1. The summed E-state index contributed by atoms with van der Waals surface area (Å²) in [5.74, 6) is 0.496. The van der Waals surface area contributed by atoms with Gasteiger partial charge in [-0.3, -0.25) is 9.59 Å². The van der Waals surface area contributed by atoms with Crippen LogP contribution in [-0.2, 0) is 17.8 Å². The maximum atomic E-state index is 13.8. The van der Waals surface area contributed by atoms with Gasteiger partial charge in [-0.25, -0.2) is 0 Å². The van der Waals surface area contributed by atoms with Crippen molar-refractivity contribution in [3.05, 3.63) is 99.7 Å². The van der Waals surface area contributed by atoms with Gasteiger partial charge in [0.2, 0.25) is 5.91 Å². The van der Waals surface area contributed by atoms with Crippen LogP contribution in [0.4, 0.5) is 0 Å². The number of para-hydroxylation sites is 1. The van der Waals surface area contributed by atoms with Crippen molar-refractivity contribution in [3.63, 3.8) is 0 Å². The molecule has 6 nitrogen and oxygen atoms in total. The number of carbonyl (C=O) groups excluding carboxylic acids is 2. The molecule has 0 aliphatic heterocycles. The maximum Gasteiger partial charge on any atom is 0.254 e. The molecule has 3 aromatic carbocycles. The van der Waals surface area contributed by atoms with Crippen LogP contribution in [0, 0.1) is 0 Å². The molecule has 1 aromatic heterocycles. The van der Waals surface area contributed by atoms with Crippen molar-refractivity contribution in [2.45, 2.75) is 38.8 Å². The highest BCUT2D eigenvalue weighted by Crippen LogP contribution is 2.30.